The fourth-order valence-corrected chi connectivity index (χ4v) is 11.0. The lowest BCUT2D eigenvalue weighted by Gasteiger charge is -2.44. The number of aliphatic hydroxyl groups excluding tert-OH is 1. The van der Waals surface area contributed by atoms with Crippen LogP contribution in [0, 0.1) is 0 Å². The SMILES string of the molecule is CC(C)(C)[Si](OC[C@H]1O[C@@H]([C@]2(Cc3ccccc3)N=C(c3ccccc3)OC2=O)C=C[C@H]1O)(c1ccccc1)c1ccccc1. The molecule has 1 N–H and O–H groups in total. The van der Waals surface area contributed by atoms with Gasteiger partial charge in [0.25, 0.3) is 8.32 Å². The molecule has 6 rings (SSSR count). The number of nitrogens with zero attached hydrogens (tertiary/aromatic N) is 1. The topological polar surface area (TPSA) is 77.3 Å². The van der Waals surface area contributed by atoms with Gasteiger partial charge in [-0.15, -0.1) is 0 Å². The van der Waals surface area contributed by atoms with Crippen molar-refractivity contribution in [3.05, 3.63) is 145 Å². The number of cyclic esters (lactones) is 1. The lowest BCUT2D eigenvalue weighted by atomic mass is 9.84. The summed E-state index contributed by atoms with van der Waals surface area (Å²) in [4.78, 5) is 18.8. The Morgan fingerprint density at radius 3 is 1.89 bits per heavy atom. The summed E-state index contributed by atoms with van der Waals surface area (Å²) in [7, 11) is -2.90. The van der Waals surface area contributed by atoms with Gasteiger partial charge in [-0.1, -0.05) is 142 Å². The first kappa shape index (κ1) is 30.9. The van der Waals surface area contributed by atoms with E-state index in [4.69, 9.17) is 18.9 Å². The predicted octanol–water partition coefficient (Wildman–Crippen LogP) is 5.23. The number of aliphatic imine (C=N–C) groups is 1. The van der Waals surface area contributed by atoms with Crippen LogP contribution in [0.15, 0.2) is 138 Å². The van der Waals surface area contributed by atoms with Crippen molar-refractivity contribution in [2.45, 2.75) is 56.1 Å². The van der Waals surface area contributed by atoms with E-state index in [0.29, 0.717) is 5.56 Å². The van der Waals surface area contributed by atoms with Gasteiger partial charge < -0.3 is 19.0 Å². The van der Waals surface area contributed by atoms with Crippen molar-refractivity contribution in [1.29, 1.82) is 0 Å². The van der Waals surface area contributed by atoms with E-state index in [9.17, 15) is 9.90 Å². The van der Waals surface area contributed by atoms with Crippen molar-refractivity contribution < 1.29 is 23.8 Å². The molecule has 4 aromatic rings. The van der Waals surface area contributed by atoms with Crippen LogP contribution in [0.2, 0.25) is 5.04 Å². The molecule has 0 radical (unpaired) electrons. The number of carbonyl (C=O) groups excluding carboxylic acids is 1. The molecule has 0 aromatic heterocycles. The lowest BCUT2D eigenvalue weighted by molar-refractivity contribution is -0.149. The number of esters is 1. The van der Waals surface area contributed by atoms with Crippen LogP contribution < -0.4 is 10.4 Å². The molecule has 2 heterocycles. The predicted molar refractivity (Wildman–Crippen MR) is 179 cm³/mol. The van der Waals surface area contributed by atoms with E-state index < -0.39 is 38.1 Å². The second-order valence-corrected chi connectivity index (χ2v) is 17.0. The number of carbonyl (C=O) groups is 1. The quantitative estimate of drug-likeness (QED) is 0.158. The largest absolute Gasteiger partial charge is 0.405 e. The summed E-state index contributed by atoms with van der Waals surface area (Å²) in [5.74, 6) is -0.220. The van der Waals surface area contributed by atoms with Crippen LogP contribution in [0.4, 0.5) is 0 Å². The summed E-state index contributed by atoms with van der Waals surface area (Å²) >= 11 is 0. The maximum Gasteiger partial charge on any atom is 0.344 e. The van der Waals surface area contributed by atoms with E-state index in [1.165, 1.54) is 0 Å². The molecule has 0 saturated heterocycles. The van der Waals surface area contributed by atoms with Crippen LogP contribution in [0.25, 0.3) is 0 Å². The lowest BCUT2D eigenvalue weighted by Crippen LogP contribution is -2.67. The third kappa shape index (κ3) is 5.96. The zero-order valence-corrected chi connectivity index (χ0v) is 26.9. The monoisotopic (exact) mass is 617 g/mol. The molecule has 0 saturated carbocycles. The Morgan fingerprint density at radius 2 is 1.33 bits per heavy atom. The number of aliphatic hydroxyl groups is 1. The van der Waals surface area contributed by atoms with Crippen molar-refractivity contribution >= 4 is 30.6 Å². The highest BCUT2D eigenvalue weighted by Crippen LogP contribution is 2.39. The van der Waals surface area contributed by atoms with Crippen LogP contribution in [0.1, 0.15) is 31.9 Å². The molecular formula is C38H39NO5Si. The summed E-state index contributed by atoms with van der Waals surface area (Å²) < 4.78 is 19.6. The normalized spacial score (nSPS) is 23.4. The van der Waals surface area contributed by atoms with Gasteiger partial charge in [-0.2, -0.15) is 0 Å². The van der Waals surface area contributed by atoms with Gasteiger partial charge in [0.2, 0.25) is 5.90 Å². The average molecular weight is 618 g/mol. The molecule has 6 nitrogen and oxygen atoms in total. The Balaban J connectivity index is 1.36. The highest BCUT2D eigenvalue weighted by molar-refractivity contribution is 6.99. The number of benzene rings is 4. The van der Waals surface area contributed by atoms with Crippen LogP contribution in [-0.4, -0.2) is 55.7 Å². The number of ether oxygens (including phenoxy) is 2. The zero-order chi connectivity index (χ0) is 31.5. The second kappa shape index (κ2) is 12.7. The fraction of sp³-hybridized carbons (Fsp3) is 0.263. The minimum absolute atomic E-state index is 0.126. The summed E-state index contributed by atoms with van der Waals surface area (Å²) in [6, 6.07) is 39.9. The van der Waals surface area contributed by atoms with Crippen LogP contribution in [0.5, 0.6) is 0 Å². The smallest absolute Gasteiger partial charge is 0.344 e. The summed E-state index contributed by atoms with van der Waals surface area (Å²) in [6.07, 6.45) is 1.26. The van der Waals surface area contributed by atoms with E-state index in [2.05, 4.69) is 45.0 Å². The molecule has 0 fully saturated rings. The number of hydrogen-bond acceptors (Lipinski definition) is 6. The molecule has 7 heteroatoms. The van der Waals surface area contributed by atoms with Gasteiger partial charge in [-0.3, -0.25) is 0 Å². The second-order valence-electron chi connectivity index (χ2n) is 12.7. The molecule has 0 amide bonds. The fourth-order valence-electron chi connectivity index (χ4n) is 6.46. The van der Waals surface area contributed by atoms with Crippen molar-refractivity contribution in [1.82, 2.24) is 0 Å². The van der Waals surface area contributed by atoms with E-state index in [0.717, 1.165) is 15.9 Å². The third-order valence-corrected chi connectivity index (χ3v) is 13.7. The summed E-state index contributed by atoms with van der Waals surface area (Å²) in [5, 5.41) is 13.2. The standard InChI is InChI=1S/C38H39NO5Si/c1-37(2,3)45(30-20-12-6-13-21-30,31-22-14-7-15-23-31)42-27-33-32(40)24-25-34(43-33)38(26-28-16-8-4-9-17-28)36(41)44-35(39-38)29-18-10-5-11-19-29/h4-25,32-34,40H,26-27H2,1-3H3/t32-,33-,34-,38+/m1/s1. The zero-order valence-electron chi connectivity index (χ0n) is 25.9. The molecule has 0 spiro atoms. The molecule has 2 aliphatic rings. The first-order valence-electron chi connectivity index (χ1n) is 15.4. The molecule has 0 bridgehead atoms. The highest BCUT2D eigenvalue weighted by Gasteiger charge is 2.55. The molecule has 0 unspecified atom stereocenters. The maximum absolute atomic E-state index is 13.9. The van der Waals surface area contributed by atoms with Crippen LogP contribution in [0.3, 0.4) is 0 Å². The molecule has 4 aromatic carbocycles. The number of hydrogen-bond donors (Lipinski definition) is 1. The Kier molecular flexibility index (Phi) is 8.71. The van der Waals surface area contributed by atoms with E-state index in [1.807, 2.05) is 97.1 Å². The van der Waals surface area contributed by atoms with Gasteiger partial charge in [0, 0.05) is 12.0 Å². The minimum Gasteiger partial charge on any atom is -0.405 e. The minimum atomic E-state index is -2.90. The Hall–Kier alpha value is -4.14. The molecule has 2 aliphatic heterocycles. The molecule has 4 atom stereocenters. The van der Waals surface area contributed by atoms with Gasteiger partial charge in [0.1, 0.15) is 18.3 Å². The molecule has 230 valence electrons. The molecule has 45 heavy (non-hydrogen) atoms. The molecule has 0 aliphatic carbocycles. The first-order chi connectivity index (χ1) is 21.7. The highest BCUT2D eigenvalue weighted by atomic mass is 28.4. The van der Waals surface area contributed by atoms with E-state index in [-0.39, 0.29) is 24.0 Å². The van der Waals surface area contributed by atoms with Gasteiger partial charge in [0.05, 0.1) is 6.61 Å². The van der Waals surface area contributed by atoms with Crippen molar-refractivity contribution in [2.75, 3.05) is 6.61 Å². The Morgan fingerprint density at radius 1 is 0.800 bits per heavy atom. The van der Waals surface area contributed by atoms with Gasteiger partial charge in [0.15, 0.2) is 5.54 Å². The third-order valence-electron chi connectivity index (χ3n) is 8.72. The van der Waals surface area contributed by atoms with Gasteiger partial charge in [-0.05, 0) is 33.1 Å². The number of rotatable bonds is 9. The summed E-state index contributed by atoms with van der Waals surface area (Å²) in [5.41, 5.74) is 0.265. The van der Waals surface area contributed by atoms with Crippen LogP contribution >= 0.6 is 0 Å². The maximum atomic E-state index is 13.9. The Bertz CT molecular complexity index is 1610. The van der Waals surface area contributed by atoms with E-state index in [1.54, 1.807) is 12.2 Å². The van der Waals surface area contributed by atoms with Gasteiger partial charge in [-0.25, -0.2) is 9.79 Å². The summed E-state index contributed by atoms with van der Waals surface area (Å²) in [6.45, 7) is 6.76. The average Bonchev–Trinajstić information content (AvgIpc) is 3.39. The van der Waals surface area contributed by atoms with Gasteiger partial charge >= 0.3 is 5.97 Å². The van der Waals surface area contributed by atoms with Crippen molar-refractivity contribution in [3.63, 3.8) is 0 Å². The van der Waals surface area contributed by atoms with Crippen molar-refractivity contribution in [2.24, 2.45) is 4.99 Å². The first-order valence-corrected chi connectivity index (χ1v) is 17.3. The van der Waals surface area contributed by atoms with Crippen molar-refractivity contribution in [3.8, 4) is 0 Å². The van der Waals surface area contributed by atoms with E-state index >= 15 is 0 Å². The molecular weight excluding hydrogens is 579 g/mol. The Labute approximate surface area is 266 Å². The van der Waals surface area contributed by atoms with Crippen LogP contribution in [-0.2, 0) is 25.1 Å².